The second-order valence-electron chi connectivity index (χ2n) is 11.4. The standard InChI is InChI=1S/C24H42N2O3/c1-23-9-7-16(15-25-29-12-11-26(3)4)13-20(23)21(27)14-17-18-5-6-22(28)24(18,2)10-8-19(17)23/h15-22,27-28H,5-14H2,1-4H3/b25-15+/t16-,17-,18-,19-,20+,21-,22-,23+,24-/m0/s1. The molecule has 29 heavy (non-hydrogen) atoms. The molecular formula is C24H42N2O3. The average Bonchev–Trinajstić information content (AvgIpc) is 2.97. The van der Waals surface area contributed by atoms with Crippen molar-refractivity contribution in [3.63, 3.8) is 0 Å². The van der Waals surface area contributed by atoms with Gasteiger partial charge in [-0.05, 0) is 106 Å². The monoisotopic (exact) mass is 406 g/mol. The molecule has 0 aliphatic heterocycles. The van der Waals surface area contributed by atoms with Crippen molar-refractivity contribution < 1.29 is 15.1 Å². The van der Waals surface area contributed by atoms with Gasteiger partial charge in [-0.15, -0.1) is 0 Å². The average molecular weight is 407 g/mol. The molecule has 5 nitrogen and oxygen atoms in total. The molecule has 5 heteroatoms. The summed E-state index contributed by atoms with van der Waals surface area (Å²) in [5.41, 5.74) is 0.311. The van der Waals surface area contributed by atoms with E-state index in [2.05, 4.69) is 23.9 Å². The Morgan fingerprint density at radius 1 is 0.966 bits per heavy atom. The van der Waals surface area contributed by atoms with Crippen molar-refractivity contribution in [3.8, 4) is 0 Å². The zero-order valence-corrected chi connectivity index (χ0v) is 18.9. The molecule has 0 heterocycles. The van der Waals surface area contributed by atoms with Crippen LogP contribution in [0.3, 0.4) is 0 Å². The van der Waals surface area contributed by atoms with Crippen LogP contribution in [0.4, 0.5) is 0 Å². The molecule has 2 N–H and O–H groups in total. The Bertz CT molecular complexity index is 611. The van der Waals surface area contributed by atoms with Crippen molar-refractivity contribution in [2.24, 2.45) is 45.6 Å². The van der Waals surface area contributed by atoms with Gasteiger partial charge in [0.05, 0.1) is 12.2 Å². The normalized spacial score (nSPS) is 49.7. The van der Waals surface area contributed by atoms with Crippen molar-refractivity contribution in [2.45, 2.75) is 77.4 Å². The van der Waals surface area contributed by atoms with Gasteiger partial charge in [0.25, 0.3) is 0 Å². The van der Waals surface area contributed by atoms with E-state index in [4.69, 9.17) is 4.84 Å². The van der Waals surface area contributed by atoms with E-state index in [1.54, 1.807) is 0 Å². The first kappa shape index (κ1) is 21.6. The predicted octanol–water partition coefficient (Wildman–Crippen LogP) is 3.54. The fourth-order valence-corrected chi connectivity index (χ4v) is 7.84. The molecule has 0 bridgehead atoms. The van der Waals surface area contributed by atoms with Gasteiger partial charge in [-0.25, -0.2) is 0 Å². The molecule has 0 saturated heterocycles. The Kier molecular flexibility index (Phi) is 6.04. The lowest BCUT2D eigenvalue weighted by molar-refractivity contribution is -0.165. The van der Waals surface area contributed by atoms with E-state index in [9.17, 15) is 10.2 Å². The molecule has 0 aromatic heterocycles. The highest BCUT2D eigenvalue weighted by molar-refractivity contribution is 5.60. The molecule has 0 unspecified atom stereocenters. The quantitative estimate of drug-likeness (QED) is 0.416. The summed E-state index contributed by atoms with van der Waals surface area (Å²) in [5, 5.41) is 26.1. The molecule has 0 spiro atoms. The van der Waals surface area contributed by atoms with Gasteiger partial charge in [0, 0.05) is 12.8 Å². The van der Waals surface area contributed by atoms with Gasteiger partial charge in [-0.3, -0.25) is 0 Å². The van der Waals surface area contributed by atoms with E-state index in [1.165, 1.54) is 12.8 Å². The highest BCUT2D eigenvalue weighted by atomic mass is 16.6. The van der Waals surface area contributed by atoms with Crippen molar-refractivity contribution in [1.82, 2.24) is 4.90 Å². The van der Waals surface area contributed by atoms with Crippen LogP contribution in [0.5, 0.6) is 0 Å². The van der Waals surface area contributed by atoms with Gasteiger partial charge < -0.3 is 20.0 Å². The number of hydrogen-bond acceptors (Lipinski definition) is 5. The third-order valence-electron chi connectivity index (χ3n) is 9.65. The van der Waals surface area contributed by atoms with Crippen LogP contribution in [-0.4, -0.2) is 60.8 Å². The largest absolute Gasteiger partial charge is 0.395 e. The maximum Gasteiger partial charge on any atom is 0.129 e. The van der Waals surface area contributed by atoms with E-state index in [1.807, 2.05) is 20.3 Å². The number of nitrogens with zero attached hydrogens (tertiary/aromatic N) is 2. The highest BCUT2D eigenvalue weighted by Gasteiger charge is 2.61. The maximum atomic E-state index is 11.2. The number of fused-ring (bicyclic) bond motifs is 5. The van der Waals surface area contributed by atoms with Crippen LogP contribution < -0.4 is 0 Å². The molecule has 0 amide bonds. The Morgan fingerprint density at radius 3 is 2.45 bits per heavy atom. The zero-order chi connectivity index (χ0) is 20.8. The fourth-order valence-electron chi connectivity index (χ4n) is 7.84. The van der Waals surface area contributed by atoms with E-state index in [0.29, 0.717) is 36.2 Å². The minimum absolute atomic E-state index is 0.0812. The topological polar surface area (TPSA) is 65.3 Å². The molecule has 4 saturated carbocycles. The molecule has 4 fully saturated rings. The molecule has 4 aliphatic carbocycles. The summed E-state index contributed by atoms with van der Waals surface area (Å²) in [6, 6.07) is 0. The molecule has 0 aromatic carbocycles. The molecule has 4 aliphatic rings. The summed E-state index contributed by atoms with van der Waals surface area (Å²) < 4.78 is 0. The first-order valence-electron chi connectivity index (χ1n) is 11.9. The smallest absolute Gasteiger partial charge is 0.129 e. The number of oxime groups is 1. The second kappa shape index (κ2) is 8.12. The van der Waals surface area contributed by atoms with E-state index < -0.39 is 0 Å². The summed E-state index contributed by atoms with van der Waals surface area (Å²) in [7, 11) is 4.07. The zero-order valence-electron chi connectivity index (χ0n) is 18.9. The Hall–Kier alpha value is -0.650. The molecule has 9 atom stereocenters. The summed E-state index contributed by atoms with van der Waals surface area (Å²) in [5.74, 6) is 2.66. The van der Waals surface area contributed by atoms with Gasteiger partial charge >= 0.3 is 0 Å². The number of likely N-dealkylation sites (N-methyl/N-ethyl adjacent to an activating group) is 1. The van der Waals surface area contributed by atoms with Gasteiger partial charge in [-0.2, -0.15) is 0 Å². The molecular weight excluding hydrogens is 364 g/mol. The minimum Gasteiger partial charge on any atom is -0.395 e. The number of hydrogen-bond donors (Lipinski definition) is 2. The predicted molar refractivity (Wildman–Crippen MR) is 116 cm³/mol. The van der Waals surface area contributed by atoms with Crippen LogP contribution in [0.1, 0.15) is 65.2 Å². The molecule has 0 aromatic rings. The lowest BCUT2D eigenvalue weighted by Gasteiger charge is -2.62. The first-order valence-corrected chi connectivity index (χ1v) is 11.9. The maximum absolute atomic E-state index is 11.2. The third kappa shape index (κ3) is 3.76. The van der Waals surface area contributed by atoms with Gasteiger partial charge in [0.15, 0.2) is 0 Å². The Labute approximate surface area is 176 Å². The lowest BCUT2D eigenvalue weighted by Crippen LogP contribution is -2.58. The van der Waals surface area contributed by atoms with Crippen LogP contribution in [0.15, 0.2) is 5.16 Å². The van der Waals surface area contributed by atoms with Gasteiger partial charge in [-0.1, -0.05) is 19.0 Å². The third-order valence-corrected chi connectivity index (χ3v) is 9.65. The van der Waals surface area contributed by atoms with Crippen LogP contribution in [0, 0.1) is 40.4 Å². The Balaban J connectivity index is 1.42. The summed E-state index contributed by atoms with van der Waals surface area (Å²) >= 11 is 0. The second-order valence-corrected chi connectivity index (χ2v) is 11.4. The summed E-state index contributed by atoms with van der Waals surface area (Å²) in [4.78, 5) is 7.52. The number of rotatable bonds is 5. The van der Waals surface area contributed by atoms with Crippen LogP contribution in [0.2, 0.25) is 0 Å². The van der Waals surface area contributed by atoms with Crippen molar-refractivity contribution in [1.29, 1.82) is 0 Å². The van der Waals surface area contributed by atoms with Crippen LogP contribution in [0.25, 0.3) is 0 Å². The summed E-state index contributed by atoms with van der Waals surface area (Å²) in [6.45, 7) is 6.28. The molecule has 0 radical (unpaired) electrons. The highest BCUT2D eigenvalue weighted by Crippen LogP contribution is 2.66. The van der Waals surface area contributed by atoms with Crippen molar-refractivity contribution >= 4 is 6.21 Å². The SMILES string of the molecule is CN(C)CCO/N=C/[C@H]1CC[C@@]2(C)[C@H](C1)[C@@H](O)C[C@@H]1[C@@H]2CC[C@]2(C)[C@@H](O)CC[C@@H]12. The van der Waals surface area contributed by atoms with Crippen molar-refractivity contribution in [3.05, 3.63) is 0 Å². The van der Waals surface area contributed by atoms with Gasteiger partial charge in [0.2, 0.25) is 0 Å². The van der Waals surface area contributed by atoms with Crippen molar-refractivity contribution in [2.75, 3.05) is 27.2 Å². The van der Waals surface area contributed by atoms with E-state index in [0.717, 1.165) is 45.1 Å². The van der Waals surface area contributed by atoms with Crippen LogP contribution in [-0.2, 0) is 4.84 Å². The van der Waals surface area contributed by atoms with E-state index in [-0.39, 0.29) is 23.0 Å². The van der Waals surface area contributed by atoms with Gasteiger partial charge in [0.1, 0.15) is 6.61 Å². The lowest BCUT2D eigenvalue weighted by atomic mass is 9.44. The minimum atomic E-state index is -0.216. The Morgan fingerprint density at radius 2 is 1.69 bits per heavy atom. The fraction of sp³-hybridized carbons (Fsp3) is 0.958. The van der Waals surface area contributed by atoms with Crippen LogP contribution >= 0.6 is 0 Å². The first-order chi connectivity index (χ1) is 13.8. The number of aliphatic hydroxyl groups excluding tert-OH is 2. The summed E-state index contributed by atoms with van der Waals surface area (Å²) in [6.07, 6.45) is 10.4. The molecule has 4 rings (SSSR count). The molecule has 166 valence electrons. The van der Waals surface area contributed by atoms with E-state index >= 15 is 0 Å². The number of aliphatic hydroxyl groups is 2.